The summed E-state index contributed by atoms with van der Waals surface area (Å²) >= 11 is 0. The van der Waals surface area contributed by atoms with Crippen molar-refractivity contribution < 1.29 is 13.9 Å². The summed E-state index contributed by atoms with van der Waals surface area (Å²) in [5, 5.41) is 5.66. The van der Waals surface area contributed by atoms with Crippen molar-refractivity contribution in [2.45, 2.75) is 5.97 Å². The van der Waals surface area contributed by atoms with E-state index in [2.05, 4.69) is 32.6 Å². The van der Waals surface area contributed by atoms with Gasteiger partial charge in [0, 0.05) is 24.1 Å². The highest BCUT2D eigenvalue weighted by Gasteiger charge is 2.36. The van der Waals surface area contributed by atoms with Gasteiger partial charge < -0.3 is 15.4 Å². The number of anilines is 2. The minimum atomic E-state index is -1.56. The van der Waals surface area contributed by atoms with Crippen LogP contribution in [0.5, 0.6) is 5.75 Å². The van der Waals surface area contributed by atoms with Gasteiger partial charge in [0.05, 0.1) is 23.8 Å². The molecule has 0 saturated heterocycles. The second-order valence-corrected chi connectivity index (χ2v) is 6.12. The maximum absolute atomic E-state index is 14.5. The molecule has 1 aliphatic rings. The van der Waals surface area contributed by atoms with Gasteiger partial charge in [0.15, 0.2) is 11.6 Å². The summed E-state index contributed by atoms with van der Waals surface area (Å²) in [6.45, 7) is 3.40. The van der Waals surface area contributed by atoms with Crippen LogP contribution in [0.25, 0.3) is 0 Å². The van der Waals surface area contributed by atoms with Gasteiger partial charge in [-0.1, -0.05) is 6.58 Å². The number of hydrogen-bond donors (Lipinski definition) is 3. The van der Waals surface area contributed by atoms with Crippen molar-refractivity contribution >= 4 is 23.5 Å². The zero-order chi connectivity index (χ0) is 20.3. The lowest BCUT2D eigenvalue weighted by atomic mass is 10.3. The zero-order valence-electron chi connectivity index (χ0n) is 15.2. The van der Waals surface area contributed by atoms with Crippen molar-refractivity contribution in [3.8, 4) is 5.75 Å². The molecule has 0 aliphatic carbocycles. The zero-order valence-corrected chi connectivity index (χ0v) is 15.2. The minimum Gasteiger partial charge on any atom is -0.427 e. The maximum Gasteiger partial charge on any atom is 0.381 e. The van der Waals surface area contributed by atoms with E-state index >= 15 is 0 Å². The molecule has 3 N–H and O–H groups in total. The number of aromatic nitrogens is 2. The standard InChI is InChI=1S/C20H17FN6O2/c1-2-19(28)24-14-7-8-17(21)18(11-14)29-20(25-15-5-3-9-22-12-15)23-13-16-6-4-10-27(16)26-20/h2-13,25-26H,1H2,(H,24,28). The summed E-state index contributed by atoms with van der Waals surface area (Å²) in [4.78, 5) is 20.0. The van der Waals surface area contributed by atoms with E-state index in [-0.39, 0.29) is 5.75 Å². The Hall–Kier alpha value is -4.14. The second kappa shape index (κ2) is 7.47. The molecule has 9 heteroatoms. The molecule has 1 unspecified atom stereocenters. The van der Waals surface area contributed by atoms with E-state index in [0.717, 1.165) is 11.8 Å². The van der Waals surface area contributed by atoms with E-state index in [1.807, 2.05) is 12.1 Å². The van der Waals surface area contributed by atoms with E-state index in [9.17, 15) is 9.18 Å². The van der Waals surface area contributed by atoms with Gasteiger partial charge in [-0.25, -0.2) is 14.8 Å². The number of carbonyl (C=O) groups excluding carboxylic acids is 1. The van der Waals surface area contributed by atoms with Gasteiger partial charge in [-0.15, -0.1) is 0 Å². The minimum absolute atomic E-state index is 0.122. The van der Waals surface area contributed by atoms with Gasteiger partial charge in [-0.2, -0.15) is 0 Å². The van der Waals surface area contributed by atoms with Gasteiger partial charge in [0.2, 0.25) is 5.91 Å². The lowest BCUT2D eigenvalue weighted by molar-refractivity contribution is -0.111. The molecule has 8 nitrogen and oxygen atoms in total. The molecule has 1 amide bonds. The SMILES string of the molecule is C=CC(=O)Nc1ccc(F)c(OC2(Nc3cccnc3)N=Cc3cccn3N2)c1. The number of aliphatic imine (C=N–C) groups is 1. The van der Waals surface area contributed by atoms with Crippen LogP contribution in [-0.4, -0.2) is 27.8 Å². The summed E-state index contributed by atoms with van der Waals surface area (Å²) < 4.78 is 22.1. The topological polar surface area (TPSA) is 92.6 Å². The molecule has 0 saturated carbocycles. The number of ether oxygens (including phenoxy) is 1. The van der Waals surface area contributed by atoms with E-state index < -0.39 is 17.7 Å². The van der Waals surface area contributed by atoms with Crippen LogP contribution in [-0.2, 0) is 4.79 Å². The van der Waals surface area contributed by atoms with Gasteiger partial charge in [-0.05, 0) is 42.5 Å². The predicted molar refractivity (Wildman–Crippen MR) is 108 cm³/mol. The smallest absolute Gasteiger partial charge is 0.381 e. The summed E-state index contributed by atoms with van der Waals surface area (Å²) in [5.41, 5.74) is 4.82. The molecule has 4 rings (SSSR count). The number of nitrogens with one attached hydrogen (secondary N) is 3. The van der Waals surface area contributed by atoms with Crippen LogP contribution < -0.4 is 20.8 Å². The van der Waals surface area contributed by atoms with Crippen molar-refractivity contribution in [1.82, 2.24) is 9.66 Å². The Morgan fingerprint density at radius 2 is 2.17 bits per heavy atom. The van der Waals surface area contributed by atoms with Crippen LogP contribution in [0.3, 0.4) is 0 Å². The molecule has 29 heavy (non-hydrogen) atoms. The van der Waals surface area contributed by atoms with Gasteiger partial charge >= 0.3 is 5.97 Å². The summed E-state index contributed by atoms with van der Waals surface area (Å²) in [6.07, 6.45) is 7.72. The molecule has 1 aromatic carbocycles. The molecule has 1 atom stereocenters. The number of amides is 1. The molecule has 0 radical (unpaired) electrons. The number of halogens is 1. The first-order valence-electron chi connectivity index (χ1n) is 8.68. The molecule has 2 aromatic heterocycles. The Balaban J connectivity index is 1.68. The van der Waals surface area contributed by atoms with Crippen molar-refractivity contribution in [1.29, 1.82) is 0 Å². The predicted octanol–water partition coefficient (Wildman–Crippen LogP) is 2.93. The van der Waals surface area contributed by atoms with Crippen LogP contribution in [0.2, 0.25) is 0 Å². The number of benzene rings is 1. The normalized spacial score (nSPS) is 17.0. The summed E-state index contributed by atoms with van der Waals surface area (Å²) in [5.74, 6) is -2.72. The first kappa shape index (κ1) is 18.2. The Kier molecular flexibility index (Phi) is 4.70. The van der Waals surface area contributed by atoms with Crippen molar-refractivity contribution in [3.63, 3.8) is 0 Å². The van der Waals surface area contributed by atoms with Crippen LogP contribution >= 0.6 is 0 Å². The fourth-order valence-corrected chi connectivity index (χ4v) is 2.73. The van der Waals surface area contributed by atoms with E-state index in [1.54, 1.807) is 41.6 Å². The summed E-state index contributed by atoms with van der Waals surface area (Å²) in [7, 11) is 0. The largest absolute Gasteiger partial charge is 0.427 e. The maximum atomic E-state index is 14.5. The lowest BCUT2D eigenvalue weighted by Gasteiger charge is -2.35. The highest BCUT2D eigenvalue weighted by molar-refractivity contribution is 5.98. The molecule has 0 bridgehead atoms. The third-order valence-electron chi connectivity index (χ3n) is 4.05. The molecular weight excluding hydrogens is 375 g/mol. The van der Waals surface area contributed by atoms with Crippen molar-refractivity contribution in [2.24, 2.45) is 4.99 Å². The molecule has 0 spiro atoms. The van der Waals surface area contributed by atoms with Crippen LogP contribution in [0, 0.1) is 5.82 Å². The molecule has 3 heterocycles. The fourth-order valence-electron chi connectivity index (χ4n) is 2.73. The van der Waals surface area contributed by atoms with Crippen molar-refractivity contribution in [2.75, 3.05) is 16.1 Å². The van der Waals surface area contributed by atoms with Gasteiger partial charge in [0.1, 0.15) is 0 Å². The first-order chi connectivity index (χ1) is 14.1. The highest BCUT2D eigenvalue weighted by atomic mass is 19.1. The quantitative estimate of drug-likeness (QED) is 0.443. The average Bonchev–Trinajstić information content (AvgIpc) is 3.18. The second-order valence-electron chi connectivity index (χ2n) is 6.12. The molecular formula is C20H17FN6O2. The summed E-state index contributed by atoms with van der Waals surface area (Å²) in [6, 6.07) is 11.2. The molecule has 0 fully saturated rings. The lowest BCUT2D eigenvalue weighted by Crippen LogP contribution is -2.55. The number of pyridine rings is 1. The number of fused-ring (bicyclic) bond motifs is 1. The Labute approximate surface area is 165 Å². The Bertz CT molecular complexity index is 1080. The van der Waals surface area contributed by atoms with Crippen LogP contribution in [0.4, 0.5) is 15.8 Å². The van der Waals surface area contributed by atoms with E-state index in [1.165, 1.54) is 18.2 Å². The molecule has 3 aromatic rings. The van der Waals surface area contributed by atoms with Crippen LogP contribution in [0.15, 0.2) is 78.7 Å². The van der Waals surface area contributed by atoms with Gasteiger partial charge in [0.25, 0.3) is 0 Å². The Morgan fingerprint density at radius 1 is 1.28 bits per heavy atom. The fraction of sp³-hybridized carbons (Fsp3) is 0.0500. The highest BCUT2D eigenvalue weighted by Crippen LogP contribution is 2.28. The monoisotopic (exact) mass is 392 g/mol. The molecule has 1 aliphatic heterocycles. The molecule has 146 valence electrons. The number of nitrogens with zero attached hydrogens (tertiary/aromatic N) is 3. The number of hydrogen-bond acceptors (Lipinski definition) is 6. The van der Waals surface area contributed by atoms with E-state index in [4.69, 9.17) is 4.74 Å². The van der Waals surface area contributed by atoms with Crippen LogP contribution in [0.1, 0.15) is 5.69 Å². The third-order valence-corrected chi connectivity index (χ3v) is 4.05. The number of carbonyl (C=O) groups is 1. The van der Waals surface area contributed by atoms with Crippen molar-refractivity contribution in [3.05, 3.63) is 85.2 Å². The van der Waals surface area contributed by atoms with Gasteiger partial charge in [-0.3, -0.25) is 14.5 Å². The Morgan fingerprint density at radius 3 is 2.97 bits per heavy atom. The van der Waals surface area contributed by atoms with E-state index in [0.29, 0.717) is 11.4 Å². The third kappa shape index (κ3) is 3.93. The average molecular weight is 392 g/mol. The first-order valence-corrected chi connectivity index (χ1v) is 8.68. The number of rotatable bonds is 6.